The minimum absolute atomic E-state index is 0.232. The Labute approximate surface area is 80.4 Å². The molecule has 2 heteroatoms. The molecular formula is C11H17NO. The Bertz CT molecular complexity index is 225. The van der Waals surface area contributed by atoms with Crippen molar-refractivity contribution in [3.63, 3.8) is 0 Å². The van der Waals surface area contributed by atoms with Crippen molar-refractivity contribution in [2.75, 3.05) is 6.54 Å². The van der Waals surface area contributed by atoms with Crippen molar-refractivity contribution < 1.29 is 4.74 Å². The van der Waals surface area contributed by atoms with E-state index in [-0.39, 0.29) is 11.6 Å². The van der Waals surface area contributed by atoms with Crippen molar-refractivity contribution >= 4 is 0 Å². The predicted octanol–water partition coefficient (Wildman–Crippen LogP) is 1.68. The van der Waals surface area contributed by atoms with Gasteiger partial charge in [-0.2, -0.15) is 0 Å². The lowest BCUT2D eigenvalue weighted by Gasteiger charge is -2.25. The van der Waals surface area contributed by atoms with Gasteiger partial charge in [-0.3, -0.25) is 5.32 Å². The quantitative estimate of drug-likeness (QED) is 0.665. The lowest BCUT2D eigenvalue weighted by Crippen LogP contribution is -2.42. The Hall–Kier alpha value is -0.940. The van der Waals surface area contributed by atoms with Crippen LogP contribution in [0.3, 0.4) is 0 Å². The summed E-state index contributed by atoms with van der Waals surface area (Å²) in [6.45, 7) is 4.80. The molecule has 1 unspecified atom stereocenters. The van der Waals surface area contributed by atoms with Gasteiger partial charge in [-0.25, -0.2) is 0 Å². The third kappa shape index (κ3) is 3.52. The van der Waals surface area contributed by atoms with Gasteiger partial charge in [0.25, 0.3) is 0 Å². The first-order valence-electron chi connectivity index (χ1n) is 4.67. The van der Waals surface area contributed by atoms with Crippen molar-refractivity contribution in [3.8, 4) is 12.3 Å². The third-order valence-electron chi connectivity index (χ3n) is 2.16. The van der Waals surface area contributed by atoms with Crippen molar-refractivity contribution in [2.45, 2.75) is 38.3 Å². The molecule has 1 heterocycles. The van der Waals surface area contributed by atoms with Gasteiger partial charge in [-0.15, -0.1) is 6.42 Å². The monoisotopic (exact) mass is 179 g/mol. The van der Waals surface area contributed by atoms with E-state index >= 15 is 0 Å². The molecule has 0 aliphatic carbocycles. The van der Waals surface area contributed by atoms with E-state index in [0.717, 1.165) is 19.4 Å². The molecule has 1 rings (SSSR count). The zero-order valence-electron chi connectivity index (χ0n) is 8.34. The molecule has 72 valence electrons. The highest BCUT2D eigenvalue weighted by molar-refractivity contribution is 5.07. The summed E-state index contributed by atoms with van der Waals surface area (Å²) >= 11 is 0. The van der Waals surface area contributed by atoms with Crippen molar-refractivity contribution in [1.29, 1.82) is 0 Å². The number of rotatable bonds is 3. The number of hydrogen-bond donors (Lipinski definition) is 1. The van der Waals surface area contributed by atoms with Crippen LogP contribution < -0.4 is 5.32 Å². The van der Waals surface area contributed by atoms with Gasteiger partial charge in [0.15, 0.2) is 0 Å². The highest BCUT2D eigenvalue weighted by Gasteiger charge is 2.17. The molecule has 0 amide bonds. The molecule has 0 aromatic rings. The summed E-state index contributed by atoms with van der Waals surface area (Å²) in [5.74, 6) is 2.70. The number of nitrogens with one attached hydrogen (secondary N) is 1. The zero-order chi connectivity index (χ0) is 9.73. The van der Waals surface area contributed by atoms with Gasteiger partial charge >= 0.3 is 0 Å². The van der Waals surface area contributed by atoms with Gasteiger partial charge in [0, 0.05) is 6.54 Å². The molecule has 0 aromatic heterocycles. The maximum Gasteiger partial charge on any atom is 0.111 e. The predicted molar refractivity (Wildman–Crippen MR) is 54.2 cm³/mol. The number of ether oxygens (including phenoxy) is 1. The maximum atomic E-state index is 5.41. The summed E-state index contributed by atoms with van der Waals surface area (Å²) in [5.41, 5.74) is -0.232. The van der Waals surface area contributed by atoms with E-state index in [0.29, 0.717) is 0 Å². The van der Waals surface area contributed by atoms with E-state index in [1.807, 2.05) is 19.9 Å². The topological polar surface area (TPSA) is 21.3 Å². The van der Waals surface area contributed by atoms with Crippen LogP contribution in [0.4, 0.5) is 0 Å². The van der Waals surface area contributed by atoms with Crippen LogP contribution >= 0.6 is 0 Å². The fourth-order valence-electron chi connectivity index (χ4n) is 1.16. The van der Waals surface area contributed by atoms with Gasteiger partial charge in [-0.05, 0) is 32.8 Å². The van der Waals surface area contributed by atoms with E-state index in [4.69, 9.17) is 11.2 Å². The highest BCUT2D eigenvalue weighted by atomic mass is 16.5. The second-order valence-electron chi connectivity index (χ2n) is 3.86. The fraction of sp³-hybridized carbons (Fsp3) is 0.636. The summed E-state index contributed by atoms with van der Waals surface area (Å²) in [6, 6.07) is 0. The average Bonchev–Trinajstić information content (AvgIpc) is 2.17. The van der Waals surface area contributed by atoms with Crippen LogP contribution in [0.2, 0.25) is 0 Å². The van der Waals surface area contributed by atoms with E-state index in [2.05, 4.69) is 11.2 Å². The normalized spacial score (nSPS) is 22.1. The third-order valence-corrected chi connectivity index (χ3v) is 2.16. The minimum atomic E-state index is -0.232. The summed E-state index contributed by atoms with van der Waals surface area (Å²) < 4.78 is 5.41. The molecule has 2 nitrogen and oxygen atoms in total. The highest BCUT2D eigenvalue weighted by Crippen LogP contribution is 2.10. The Morgan fingerprint density at radius 3 is 3.00 bits per heavy atom. The van der Waals surface area contributed by atoms with E-state index < -0.39 is 0 Å². The Morgan fingerprint density at radius 2 is 2.46 bits per heavy atom. The summed E-state index contributed by atoms with van der Waals surface area (Å²) in [6.07, 6.45) is 11.6. The van der Waals surface area contributed by atoms with Gasteiger partial charge in [-0.1, -0.05) is 5.92 Å². The second-order valence-corrected chi connectivity index (χ2v) is 3.86. The first kappa shape index (κ1) is 10.1. The molecular weight excluding hydrogens is 162 g/mol. The van der Waals surface area contributed by atoms with Crippen LogP contribution in [0.5, 0.6) is 0 Å². The molecule has 0 radical (unpaired) electrons. The smallest absolute Gasteiger partial charge is 0.111 e. The van der Waals surface area contributed by atoms with E-state index in [1.54, 1.807) is 6.26 Å². The number of allylic oxidation sites excluding steroid dienone is 1. The first-order valence-corrected chi connectivity index (χ1v) is 4.67. The zero-order valence-corrected chi connectivity index (χ0v) is 8.34. The minimum Gasteiger partial charge on any atom is -0.497 e. The molecule has 0 bridgehead atoms. The van der Waals surface area contributed by atoms with Gasteiger partial charge < -0.3 is 4.74 Å². The summed E-state index contributed by atoms with van der Waals surface area (Å²) in [7, 11) is 0. The van der Waals surface area contributed by atoms with Gasteiger partial charge in [0.1, 0.15) is 6.10 Å². The molecule has 0 saturated heterocycles. The van der Waals surface area contributed by atoms with Crippen LogP contribution in [-0.4, -0.2) is 18.2 Å². The van der Waals surface area contributed by atoms with E-state index in [1.165, 1.54) is 0 Å². The van der Waals surface area contributed by atoms with Crippen LogP contribution in [0, 0.1) is 12.3 Å². The van der Waals surface area contributed by atoms with Crippen molar-refractivity contribution in [1.82, 2.24) is 5.32 Å². The van der Waals surface area contributed by atoms with Gasteiger partial charge in [0.05, 0.1) is 11.8 Å². The number of hydrogen-bond acceptors (Lipinski definition) is 2. The Balaban J connectivity index is 2.27. The maximum absolute atomic E-state index is 5.41. The van der Waals surface area contributed by atoms with Gasteiger partial charge in [0.2, 0.25) is 0 Å². The average molecular weight is 179 g/mol. The van der Waals surface area contributed by atoms with Crippen molar-refractivity contribution in [3.05, 3.63) is 12.3 Å². The molecule has 0 saturated carbocycles. The molecule has 0 aromatic carbocycles. The molecule has 0 spiro atoms. The van der Waals surface area contributed by atoms with Crippen molar-refractivity contribution in [2.24, 2.45) is 0 Å². The Morgan fingerprint density at radius 1 is 1.69 bits per heavy atom. The lowest BCUT2D eigenvalue weighted by atomic mass is 10.1. The molecule has 1 aliphatic rings. The standard InChI is InChI=1S/C11H17NO/c1-4-11(2,3)12-9-10-7-5-6-8-13-10/h1,6,8,10,12H,5,7,9H2,2-3H3. The van der Waals surface area contributed by atoms with Crippen LogP contribution in [0.25, 0.3) is 0 Å². The fourth-order valence-corrected chi connectivity index (χ4v) is 1.16. The van der Waals surface area contributed by atoms with E-state index in [9.17, 15) is 0 Å². The second kappa shape index (κ2) is 4.34. The lowest BCUT2D eigenvalue weighted by molar-refractivity contribution is 0.117. The molecule has 1 N–H and O–H groups in total. The number of terminal acetylenes is 1. The summed E-state index contributed by atoms with van der Waals surface area (Å²) in [4.78, 5) is 0. The largest absolute Gasteiger partial charge is 0.497 e. The first-order chi connectivity index (χ1) is 6.14. The van der Waals surface area contributed by atoms with Crippen LogP contribution in [0.1, 0.15) is 26.7 Å². The van der Waals surface area contributed by atoms with Crippen LogP contribution in [-0.2, 0) is 4.74 Å². The Kier molecular flexibility index (Phi) is 3.39. The molecule has 1 aliphatic heterocycles. The molecule has 0 fully saturated rings. The van der Waals surface area contributed by atoms with Crippen LogP contribution in [0.15, 0.2) is 12.3 Å². The SMILES string of the molecule is C#CC(C)(C)NCC1CCC=CO1. The molecule has 13 heavy (non-hydrogen) atoms. The summed E-state index contributed by atoms with van der Waals surface area (Å²) in [5, 5.41) is 3.28. The molecule has 1 atom stereocenters.